The van der Waals surface area contributed by atoms with Crippen LogP contribution < -0.4 is 0 Å². The number of thiazole rings is 1. The predicted molar refractivity (Wildman–Crippen MR) is 253 cm³/mol. The lowest BCUT2D eigenvalue weighted by molar-refractivity contribution is 0.995. The Morgan fingerprint density at radius 3 is 1.88 bits per heavy atom. The Hall–Kier alpha value is -7.13. The molecule has 1 heterocycles. The largest absolute Gasteiger partial charge is 0.235 e. The second-order valence-electron chi connectivity index (χ2n) is 15.4. The molecule has 2 heteroatoms. The number of fused-ring (bicyclic) bond motifs is 5. The molecule has 11 rings (SSSR count). The molecule has 59 heavy (non-hydrogen) atoms. The number of hydrogen-bond donors (Lipinski definition) is 0. The highest BCUT2D eigenvalue weighted by atomic mass is 32.1. The van der Waals surface area contributed by atoms with E-state index in [1.54, 1.807) is 11.3 Å². The Kier molecular flexibility index (Phi) is 8.91. The van der Waals surface area contributed by atoms with Crippen LogP contribution >= 0.6 is 11.3 Å². The Morgan fingerprint density at radius 2 is 1.05 bits per heavy atom. The van der Waals surface area contributed by atoms with Crippen LogP contribution in [0.3, 0.4) is 0 Å². The lowest BCUT2D eigenvalue weighted by Gasteiger charge is -2.19. The van der Waals surface area contributed by atoms with Gasteiger partial charge in [0.15, 0.2) is 0 Å². The zero-order valence-electron chi connectivity index (χ0n) is 32.5. The molecule has 9 aromatic carbocycles. The molecule has 0 atom stereocenters. The second kappa shape index (κ2) is 15.0. The molecule has 0 N–H and O–H groups in total. The van der Waals surface area contributed by atoms with E-state index in [1.165, 1.54) is 93.0 Å². The average molecular weight is 770 g/mol. The molecule has 0 bridgehead atoms. The fourth-order valence-corrected chi connectivity index (χ4v) is 9.99. The molecule has 0 saturated carbocycles. The molecule has 0 unspecified atom stereocenters. The summed E-state index contributed by atoms with van der Waals surface area (Å²) in [7, 11) is 0. The molecular weight excluding hydrogens is 731 g/mol. The highest BCUT2D eigenvalue weighted by Gasteiger charge is 2.18. The van der Waals surface area contributed by atoms with Gasteiger partial charge in [-0.1, -0.05) is 188 Å². The summed E-state index contributed by atoms with van der Waals surface area (Å²) in [5, 5.41) is 5.92. The summed E-state index contributed by atoms with van der Waals surface area (Å²) in [6.07, 6.45) is 6.83. The van der Waals surface area contributed by atoms with E-state index < -0.39 is 0 Å². The third-order valence-electron chi connectivity index (χ3n) is 11.8. The van der Waals surface area contributed by atoms with Crippen LogP contribution in [0.1, 0.15) is 28.7 Å². The van der Waals surface area contributed by atoms with Gasteiger partial charge in [0.1, 0.15) is 5.01 Å². The number of hydrogen-bond acceptors (Lipinski definition) is 2. The van der Waals surface area contributed by atoms with Gasteiger partial charge in [-0.3, -0.25) is 0 Å². The average Bonchev–Trinajstić information content (AvgIpc) is 3.74. The van der Waals surface area contributed by atoms with Crippen LogP contribution in [0.15, 0.2) is 212 Å². The topological polar surface area (TPSA) is 12.9 Å². The SMILES string of the molecule is C1=C(c2cccc(-c3ccc4ccccc4c3-c3cccc(-c4cc5sc(-c6ccccc6)nc5c5ccccc45)c3)c2)C=C(c2ccccc2)c2ccccc2CC1. The quantitative estimate of drug-likeness (QED) is 0.164. The van der Waals surface area contributed by atoms with E-state index in [-0.39, 0.29) is 0 Å². The maximum Gasteiger partial charge on any atom is 0.124 e. The highest BCUT2D eigenvalue weighted by Crippen LogP contribution is 2.44. The van der Waals surface area contributed by atoms with E-state index >= 15 is 0 Å². The van der Waals surface area contributed by atoms with Crippen molar-refractivity contribution >= 4 is 54.2 Å². The van der Waals surface area contributed by atoms with E-state index in [0.29, 0.717) is 0 Å². The van der Waals surface area contributed by atoms with Crippen LogP contribution in [0, 0.1) is 0 Å². The summed E-state index contributed by atoms with van der Waals surface area (Å²) in [5.41, 5.74) is 17.2. The van der Waals surface area contributed by atoms with Crippen LogP contribution in [-0.2, 0) is 6.42 Å². The standard InChI is InChI=1S/C57H39NS/c1-3-16-39(17-4-1)52-36-43(24-13-22-38-18-7-9-28-47(38)52)42-23-14-25-44(34-42)49-33-32-40-19-8-10-29-48(40)55(49)46-27-15-26-45(35-46)53-37-54-56(51-31-12-11-30-50(51)53)58-57(59-54)41-20-5-2-6-21-41/h1-12,14-21,23-37H,13,22H2. The molecule has 10 aromatic rings. The first-order valence-corrected chi connectivity index (χ1v) is 21.2. The molecule has 0 amide bonds. The van der Waals surface area contributed by atoms with Crippen molar-refractivity contribution in [1.29, 1.82) is 0 Å². The molecule has 1 aliphatic carbocycles. The highest BCUT2D eigenvalue weighted by molar-refractivity contribution is 7.21. The van der Waals surface area contributed by atoms with Gasteiger partial charge in [-0.15, -0.1) is 11.3 Å². The van der Waals surface area contributed by atoms with Crippen molar-refractivity contribution < 1.29 is 0 Å². The van der Waals surface area contributed by atoms with E-state index in [0.717, 1.165) is 28.9 Å². The first kappa shape index (κ1) is 35.1. The number of aromatic nitrogens is 1. The van der Waals surface area contributed by atoms with Crippen LogP contribution in [0.4, 0.5) is 0 Å². The lowest BCUT2D eigenvalue weighted by Crippen LogP contribution is -1.99. The minimum atomic E-state index is 0.985. The van der Waals surface area contributed by atoms with E-state index in [4.69, 9.17) is 4.98 Å². The summed E-state index contributed by atoms with van der Waals surface area (Å²) in [6, 6.07) is 73.1. The maximum absolute atomic E-state index is 5.18. The third kappa shape index (κ3) is 6.49. The van der Waals surface area contributed by atoms with Crippen LogP contribution in [0.5, 0.6) is 0 Å². The number of allylic oxidation sites excluding steroid dienone is 3. The van der Waals surface area contributed by atoms with Crippen LogP contribution in [0.25, 0.3) is 86.9 Å². The zero-order chi connectivity index (χ0) is 39.1. The van der Waals surface area contributed by atoms with Gasteiger partial charge in [0.2, 0.25) is 0 Å². The first-order valence-electron chi connectivity index (χ1n) is 20.4. The summed E-state index contributed by atoms with van der Waals surface area (Å²) < 4.78 is 1.20. The van der Waals surface area contributed by atoms with Gasteiger partial charge < -0.3 is 0 Å². The van der Waals surface area contributed by atoms with E-state index in [1.807, 2.05) is 0 Å². The molecule has 1 aliphatic rings. The van der Waals surface area contributed by atoms with Gasteiger partial charge in [-0.05, 0) is 120 Å². The molecule has 0 radical (unpaired) electrons. The number of nitrogens with zero attached hydrogens (tertiary/aromatic N) is 1. The lowest BCUT2D eigenvalue weighted by atomic mass is 9.85. The van der Waals surface area contributed by atoms with E-state index in [2.05, 4.69) is 212 Å². The Balaban J connectivity index is 1.05. The monoisotopic (exact) mass is 769 g/mol. The Labute approximate surface area is 348 Å². The normalized spacial score (nSPS) is 12.8. The summed E-state index contributed by atoms with van der Waals surface area (Å²) in [4.78, 5) is 5.18. The van der Waals surface area contributed by atoms with E-state index in [9.17, 15) is 0 Å². The fourth-order valence-electron chi connectivity index (χ4n) is 8.96. The summed E-state index contributed by atoms with van der Waals surface area (Å²) in [5.74, 6) is 0. The molecule has 1 aromatic heterocycles. The van der Waals surface area contributed by atoms with Crippen LogP contribution in [0.2, 0.25) is 0 Å². The smallest absolute Gasteiger partial charge is 0.124 e. The number of benzene rings is 9. The molecule has 0 spiro atoms. The Morgan fingerprint density at radius 1 is 0.424 bits per heavy atom. The van der Waals surface area contributed by atoms with Crippen molar-refractivity contribution in [3.63, 3.8) is 0 Å². The van der Waals surface area contributed by atoms with Crippen molar-refractivity contribution in [3.05, 3.63) is 235 Å². The maximum atomic E-state index is 5.18. The fraction of sp³-hybridized carbons (Fsp3) is 0.0351. The van der Waals surface area contributed by atoms with Crippen molar-refractivity contribution in [3.8, 4) is 44.0 Å². The van der Waals surface area contributed by atoms with Gasteiger partial charge in [-0.25, -0.2) is 4.98 Å². The molecule has 0 aliphatic heterocycles. The van der Waals surface area contributed by atoms with Gasteiger partial charge in [-0.2, -0.15) is 0 Å². The molecule has 0 fully saturated rings. The summed E-state index contributed by atoms with van der Waals surface area (Å²) in [6.45, 7) is 0. The van der Waals surface area contributed by atoms with Crippen molar-refractivity contribution in [2.24, 2.45) is 0 Å². The van der Waals surface area contributed by atoms with Crippen molar-refractivity contribution in [2.45, 2.75) is 12.8 Å². The van der Waals surface area contributed by atoms with Gasteiger partial charge in [0.05, 0.1) is 10.2 Å². The second-order valence-corrected chi connectivity index (χ2v) is 16.4. The third-order valence-corrected chi connectivity index (χ3v) is 12.8. The van der Waals surface area contributed by atoms with Gasteiger partial charge >= 0.3 is 0 Å². The number of rotatable bonds is 6. The van der Waals surface area contributed by atoms with Crippen molar-refractivity contribution in [1.82, 2.24) is 4.98 Å². The van der Waals surface area contributed by atoms with Crippen molar-refractivity contribution in [2.75, 3.05) is 0 Å². The molecule has 1 nitrogen and oxygen atoms in total. The summed E-state index contributed by atoms with van der Waals surface area (Å²) >= 11 is 1.77. The van der Waals surface area contributed by atoms with Gasteiger partial charge in [0.25, 0.3) is 0 Å². The minimum Gasteiger partial charge on any atom is -0.235 e. The predicted octanol–water partition coefficient (Wildman–Crippen LogP) is 15.7. The molecular formula is C57H39NS. The van der Waals surface area contributed by atoms with Crippen LogP contribution in [-0.4, -0.2) is 4.98 Å². The Bertz CT molecular complexity index is 3260. The molecule has 278 valence electrons. The minimum absolute atomic E-state index is 0.985. The first-order chi connectivity index (χ1) is 29.2. The zero-order valence-corrected chi connectivity index (χ0v) is 33.3. The van der Waals surface area contributed by atoms with Gasteiger partial charge in [0, 0.05) is 10.9 Å². The number of aryl methyl sites for hydroxylation is 1. The molecule has 0 saturated heterocycles.